The Bertz CT molecular complexity index is 351. The van der Waals surface area contributed by atoms with Gasteiger partial charge in [0, 0.05) is 31.5 Å². The SMILES string of the molecule is CN(C(=O)CCC(=O)O)c1ccncc1. The second kappa shape index (κ2) is 5.09. The number of carbonyl (C=O) groups is 2. The maximum Gasteiger partial charge on any atom is 0.303 e. The highest BCUT2D eigenvalue weighted by Gasteiger charge is 2.11. The third kappa shape index (κ3) is 3.38. The van der Waals surface area contributed by atoms with Gasteiger partial charge in [0.25, 0.3) is 0 Å². The number of carboxylic acid groups (broad SMARTS) is 1. The molecule has 0 aliphatic heterocycles. The van der Waals surface area contributed by atoms with Gasteiger partial charge in [-0.15, -0.1) is 0 Å². The van der Waals surface area contributed by atoms with E-state index in [1.54, 1.807) is 31.6 Å². The van der Waals surface area contributed by atoms with Gasteiger partial charge in [-0.05, 0) is 12.1 Å². The van der Waals surface area contributed by atoms with E-state index < -0.39 is 5.97 Å². The zero-order valence-corrected chi connectivity index (χ0v) is 8.38. The van der Waals surface area contributed by atoms with Crippen molar-refractivity contribution in [1.29, 1.82) is 0 Å². The topological polar surface area (TPSA) is 70.5 Å². The van der Waals surface area contributed by atoms with Crippen LogP contribution in [0.3, 0.4) is 0 Å². The van der Waals surface area contributed by atoms with Crippen molar-refractivity contribution >= 4 is 17.6 Å². The van der Waals surface area contributed by atoms with E-state index in [4.69, 9.17) is 5.11 Å². The van der Waals surface area contributed by atoms with Crippen LogP contribution >= 0.6 is 0 Å². The lowest BCUT2D eigenvalue weighted by Gasteiger charge is -2.16. The van der Waals surface area contributed by atoms with Crippen molar-refractivity contribution in [3.8, 4) is 0 Å². The molecule has 1 aromatic heterocycles. The van der Waals surface area contributed by atoms with Crippen LogP contribution in [-0.4, -0.2) is 29.0 Å². The molecule has 0 spiro atoms. The Kier molecular flexibility index (Phi) is 3.79. The summed E-state index contributed by atoms with van der Waals surface area (Å²) in [4.78, 5) is 27.0. The molecule has 1 amide bonds. The van der Waals surface area contributed by atoms with Gasteiger partial charge in [-0.3, -0.25) is 14.6 Å². The van der Waals surface area contributed by atoms with Gasteiger partial charge in [0.15, 0.2) is 0 Å². The minimum Gasteiger partial charge on any atom is -0.481 e. The van der Waals surface area contributed by atoms with Crippen molar-refractivity contribution in [3.63, 3.8) is 0 Å². The average molecular weight is 208 g/mol. The van der Waals surface area contributed by atoms with Crippen LogP contribution < -0.4 is 4.90 Å². The third-order valence-electron chi connectivity index (χ3n) is 1.98. The lowest BCUT2D eigenvalue weighted by molar-refractivity contribution is -0.138. The quantitative estimate of drug-likeness (QED) is 0.798. The first kappa shape index (κ1) is 11.2. The van der Waals surface area contributed by atoms with Gasteiger partial charge in [-0.2, -0.15) is 0 Å². The summed E-state index contributed by atoms with van der Waals surface area (Å²) < 4.78 is 0. The molecule has 5 heteroatoms. The first-order chi connectivity index (χ1) is 7.11. The van der Waals surface area contributed by atoms with Gasteiger partial charge in [0.05, 0.1) is 6.42 Å². The van der Waals surface area contributed by atoms with Crippen LogP contribution in [0.4, 0.5) is 5.69 Å². The van der Waals surface area contributed by atoms with E-state index in [-0.39, 0.29) is 18.7 Å². The fourth-order valence-electron chi connectivity index (χ4n) is 1.09. The average Bonchev–Trinajstić information content (AvgIpc) is 2.26. The fraction of sp³-hybridized carbons (Fsp3) is 0.300. The highest BCUT2D eigenvalue weighted by Crippen LogP contribution is 2.11. The van der Waals surface area contributed by atoms with Crippen LogP contribution in [0, 0.1) is 0 Å². The third-order valence-corrected chi connectivity index (χ3v) is 1.98. The van der Waals surface area contributed by atoms with Crippen LogP contribution in [0.25, 0.3) is 0 Å². The molecule has 0 radical (unpaired) electrons. The number of anilines is 1. The number of amides is 1. The summed E-state index contributed by atoms with van der Waals surface area (Å²) in [7, 11) is 1.61. The van der Waals surface area contributed by atoms with Gasteiger partial charge < -0.3 is 10.0 Å². The number of nitrogens with zero attached hydrogens (tertiary/aromatic N) is 2. The fourth-order valence-corrected chi connectivity index (χ4v) is 1.09. The molecule has 0 aliphatic rings. The smallest absolute Gasteiger partial charge is 0.303 e. The number of carbonyl (C=O) groups excluding carboxylic acids is 1. The Hall–Kier alpha value is -1.91. The number of aromatic nitrogens is 1. The molecule has 0 aromatic carbocycles. The molecule has 0 fully saturated rings. The molecule has 1 rings (SSSR count). The number of carboxylic acids is 1. The van der Waals surface area contributed by atoms with E-state index >= 15 is 0 Å². The molecular weight excluding hydrogens is 196 g/mol. The van der Waals surface area contributed by atoms with Crippen molar-refractivity contribution in [2.45, 2.75) is 12.8 Å². The number of aliphatic carboxylic acids is 1. The van der Waals surface area contributed by atoms with Gasteiger partial charge in [-0.25, -0.2) is 0 Å². The first-order valence-corrected chi connectivity index (χ1v) is 4.49. The molecule has 0 bridgehead atoms. The minimum absolute atomic E-state index is 0.00809. The van der Waals surface area contributed by atoms with E-state index in [9.17, 15) is 9.59 Å². The Labute approximate surface area is 87.4 Å². The zero-order valence-electron chi connectivity index (χ0n) is 8.38. The van der Waals surface area contributed by atoms with E-state index in [1.165, 1.54) is 4.90 Å². The molecule has 0 unspecified atom stereocenters. The molecule has 80 valence electrons. The predicted molar refractivity (Wildman–Crippen MR) is 54.5 cm³/mol. The van der Waals surface area contributed by atoms with E-state index in [0.717, 1.165) is 0 Å². The van der Waals surface area contributed by atoms with Crippen LogP contribution in [0.2, 0.25) is 0 Å². The lowest BCUT2D eigenvalue weighted by Crippen LogP contribution is -2.26. The normalized spacial score (nSPS) is 9.67. The molecule has 1 aromatic rings. The van der Waals surface area contributed by atoms with Gasteiger partial charge in [0.1, 0.15) is 0 Å². The lowest BCUT2D eigenvalue weighted by atomic mass is 10.2. The van der Waals surface area contributed by atoms with Crippen LogP contribution in [0.15, 0.2) is 24.5 Å². The summed E-state index contributed by atoms with van der Waals surface area (Å²) >= 11 is 0. The van der Waals surface area contributed by atoms with Crippen LogP contribution in [0.5, 0.6) is 0 Å². The second-order valence-electron chi connectivity index (χ2n) is 3.05. The molecular formula is C10H12N2O3. The molecule has 0 aliphatic carbocycles. The van der Waals surface area contributed by atoms with Crippen molar-refractivity contribution in [3.05, 3.63) is 24.5 Å². The molecule has 0 saturated carbocycles. The van der Waals surface area contributed by atoms with Gasteiger partial charge >= 0.3 is 5.97 Å². The zero-order chi connectivity index (χ0) is 11.3. The number of pyridine rings is 1. The highest BCUT2D eigenvalue weighted by atomic mass is 16.4. The monoisotopic (exact) mass is 208 g/mol. The van der Waals surface area contributed by atoms with Gasteiger partial charge in [-0.1, -0.05) is 0 Å². The number of hydrogen-bond donors (Lipinski definition) is 1. The van der Waals surface area contributed by atoms with Crippen LogP contribution in [0.1, 0.15) is 12.8 Å². The van der Waals surface area contributed by atoms with E-state index in [2.05, 4.69) is 4.98 Å². The summed E-state index contributed by atoms with van der Waals surface area (Å²) in [5.74, 6) is -1.19. The summed E-state index contributed by atoms with van der Waals surface area (Å²) in [6.45, 7) is 0. The number of hydrogen-bond acceptors (Lipinski definition) is 3. The Morgan fingerprint density at radius 1 is 1.33 bits per heavy atom. The highest BCUT2D eigenvalue weighted by molar-refractivity contribution is 5.94. The van der Waals surface area contributed by atoms with Crippen molar-refractivity contribution in [2.75, 3.05) is 11.9 Å². The molecule has 0 saturated heterocycles. The minimum atomic E-state index is -0.966. The van der Waals surface area contributed by atoms with Crippen molar-refractivity contribution < 1.29 is 14.7 Å². The largest absolute Gasteiger partial charge is 0.481 e. The second-order valence-corrected chi connectivity index (χ2v) is 3.05. The molecule has 5 nitrogen and oxygen atoms in total. The summed E-state index contributed by atoms with van der Waals surface area (Å²) in [6.07, 6.45) is 3.02. The molecule has 15 heavy (non-hydrogen) atoms. The van der Waals surface area contributed by atoms with Gasteiger partial charge in [0.2, 0.25) is 5.91 Å². The van der Waals surface area contributed by atoms with Crippen molar-refractivity contribution in [1.82, 2.24) is 4.98 Å². The number of rotatable bonds is 4. The molecule has 1 N–H and O–H groups in total. The molecule has 0 atom stereocenters. The van der Waals surface area contributed by atoms with Crippen LogP contribution in [-0.2, 0) is 9.59 Å². The Morgan fingerprint density at radius 3 is 2.47 bits per heavy atom. The van der Waals surface area contributed by atoms with Crippen molar-refractivity contribution in [2.24, 2.45) is 0 Å². The first-order valence-electron chi connectivity index (χ1n) is 4.49. The summed E-state index contributed by atoms with van der Waals surface area (Å²) in [5, 5.41) is 8.43. The summed E-state index contributed by atoms with van der Waals surface area (Å²) in [5.41, 5.74) is 0.709. The van der Waals surface area contributed by atoms with E-state index in [1.807, 2.05) is 0 Å². The Morgan fingerprint density at radius 2 is 1.93 bits per heavy atom. The maximum atomic E-state index is 11.5. The Balaban J connectivity index is 2.57. The summed E-state index contributed by atoms with van der Waals surface area (Å²) in [6, 6.07) is 3.39. The standard InChI is InChI=1S/C10H12N2O3/c1-12(8-4-6-11-7-5-8)9(13)2-3-10(14)15/h4-7H,2-3H2,1H3,(H,14,15). The molecule has 1 heterocycles. The van der Waals surface area contributed by atoms with E-state index in [0.29, 0.717) is 5.69 Å². The predicted octanol–water partition coefficient (Wildman–Crippen LogP) is 0.909. The maximum absolute atomic E-state index is 11.5.